The molecule has 0 saturated heterocycles. The average Bonchev–Trinajstić information content (AvgIpc) is 2.45. The summed E-state index contributed by atoms with van der Waals surface area (Å²) in [4.78, 5) is 11.6. The van der Waals surface area contributed by atoms with E-state index in [0.717, 1.165) is 5.56 Å². The van der Waals surface area contributed by atoms with Gasteiger partial charge in [0.1, 0.15) is 11.5 Å². The number of aliphatic hydroxyl groups excluding tert-OH is 1. The normalized spacial score (nSPS) is 20.7. The molecule has 0 fully saturated rings. The zero-order valence-corrected chi connectivity index (χ0v) is 9.77. The maximum absolute atomic E-state index is 11.6. The number of carbonyl (C=O) groups is 1. The fraction of sp³-hybridized carbons (Fsp3) is 0.231. The van der Waals surface area contributed by atoms with E-state index in [1.54, 1.807) is 13.8 Å². The average molecular weight is 230 g/mol. The van der Waals surface area contributed by atoms with Crippen molar-refractivity contribution in [1.29, 1.82) is 0 Å². The van der Waals surface area contributed by atoms with Crippen LogP contribution in [0.3, 0.4) is 0 Å². The number of hydrazone groups is 1. The molecular weight excluding hydrogens is 216 g/mol. The first kappa shape index (κ1) is 11.4. The molecule has 4 nitrogen and oxygen atoms in total. The van der Waals surface area contributed by atoms with Crippen LogP contribution in [0.25, 0.3) is 0 Å². The lowest BCUT2D eigenvalue weighted by atomic mass is 9.97. The van der Waals surface area contributed by atoms with Crippen LogP contribution >= 0.6 is 0 Å². The molecule has 1 amide bonds. The van der Waals surface area contributed by atoms with E-state index >= 15 is 0 Å². The Labute approximate surface area is 99.7 Å². The SMILES string of the molecule is CC1=C(O)C(c2ccccc2)=NNC(=O)C1C. The van der Waals surface area contributed by atoms with Crippen LogP contribution in [0.2, 0.25) is 0 Å². The molecule has 1 aromatic rings. The van der Waals surface area contributed by atoms with Crippen molar-refractivity contribution in [2.45, 2.75) is 13.8 Å². The second-order valence-electron chi connectivity index (χ2n) is 4.06. The number of benzene rings is 1. The molecule has 17 heavy (non-hydrogen) atoms. The van der Waals surface area contributed by atoms with Gasteiger partial charge in [-0.25, -0.2) is 5.43 Å². The molecule has 2 rings (SSSR count). The number of rotatable bonds is 1. The highest BCUT2D eigenvalue weighted by Crippen LogP contribution is 2.20. The van der Waals surface area contributed by atoms with E-state index in [4.69, 9.17) is 0 Å². The van der Waals surface area contributed by atoms with Gasteiger partial charge in [0.05, 0.1) is 5.92 Å². The van der Waals surface area contributed by atoms with Crippen molar-refractivity contribution < 1.29 is 9.90 Å². The first-order chi connectivity index (χ1) is 8.11. The van der Waals surface area contributed by atoms with E-state index in [9.17, 15) is 9.90 Å². The molecule has 1 atom stereocenters. The van der Waals surface area contributed by atoms with Crippen LogP contribution in [0.4, 0.5) is 0 Å². The Bertz CT molecular complexity index is 503. The van der Waals surface area contributed by atoms with Crippen LogP contribution in [0.5, 0.6) is 0 Å². The lowest BCUT2D eigenvalue weighted by Crippen LogP contribution is -2.24. The lowest BCUT2D eigenvalue weighted by molar-refractivity contribution is -0.123. The van der Waals surface area contributed by atoms with E-state index < -0.39 is 0 Å². The van der Waals surface area contributed by atoms with Gasteiger partial charge in [0.15, 0.2) is 0 Å². The third-order valence-corrected chi connectivity index (χ3v) is 2.97. The Morgan fingerprint density at radius 3 is 2.59 bits per heavy atom. The number of allylic oxidation sites excluding steroid dienone is 1. The van der Waals surface area contributed by atoms with Gasteiger partial charge in [-0.3, -0.25) is 4.79 Å². The zero-order valence-electron chi connectivity index (χ0n) is 9.77. The molecular formula is C13H14N2O2. The van der Waals surface area contributed by atoms with Crippen molar-refractivity contribution in [1.82, 2.24) is 5.43 Å². The molecule has 1 aliphatic heterocycles. The van der Waals surface area contributed by atoms with Gasteiger partial charge >= 0.3 is 0 Å². The van der Waals surface area contributed by atoms with Crippen LogP contribution in [-0.4, -0.2) is 16.7 Å². The third kappa shape index (κ3) is 2.06. The quantitative estimate of drug-likeness (QED) is 0.775. The maximum atomic E-state index is 11.6. The molecule has 0 bridgehead atoms. The van der Waals surface area contributed by atoms with Gasteiger partial charge in [0.2, 0.25) is 5.91 Å². The van der Waals surface area contributed by atoms with Gasteiger partial charge in [-0.15, -0.1) is 0 Å². The standard InChI is InChI=1S/C13H14N2O2/c1-8-9(2)13(17)15-14-11(12(8)16)10-6-4-3-5-7-10/h3-7,9,16H,1-2H3,(H,15,17). The van der Waals surface area contributed by atoms with Crippen molar-refractivity contribution in [2.24, 2.45) is 11.0 Å². The maximum Gasteiger partial charge on any atom is 0.247 e. The highest BCUT2D eigenvalue weighted by atomic mass is 16.3. The molecule has 0 saturated carbocycles. The lowest BCUT2D eigenvalue weighted by Gasteiger charge is -2.08. The van der Waals surface area contributed by atoms with Gasteiger partial charge in [-0.2, -0.15) is 5.10 Å². The van der Waals surface area contributed by atoms with Gasteiger partial charge in [-0.05, 0) is 19.4 Å². The highest BCUT2D eigenvalue weighted by molar-refractivity contribution is 6.12. The molecule has 4 heteroatoms. The first-order valence-electron chi connectivity index (χ1n) is 5.44. The molecule has 0 aromatic heterocycles. The first-order valence-corrected chi connectivity index (χ1v) is 5.44. The van der Waals surface area contributed by atoms with Crippen LogP contribution in [0.1, 0.15) is 19.4 Å². The van der Waals surface area contributed by atoms with Crippen LogP contribution in [0.15, 0.2) is 46.8 Å². The number of carbonyl (C=O) groups excluding carboxylic acids is 1. The second kappa shape index (κ2) is 4.41. The number of hydrogen-bond donors (Lipinski definition) is 2. The summed E-state index contributed by atoms with van der Waals surface area (Å²) in [5.74, 6) is -0.512. The van der Waals surface area contributed by atoms with Crippen LogP contribution in [-0.2, 0) is 4.79 Å². The van der Waals surface area contributed by atoms with Gasteiger partial charge in [0.25, 0.3) is 0 Å². The second-order valence-corrected chi connectivity index (χ2v) is 4.06. The van der Waals surface area contributed by atoms with Gasteiger partial charge < -0.3 is 5.11 Å². The summed E-state index contributed by atoms with van der Waals surface area (Å²) >= 11 is 0. The number of hydrogen-bond acceptors (Lipinski definition) is 3. The molecule has 0 radical (unpaired) electrons. The predicted octanol–water partition coefficient (Wildman–Crippen LogP) is 1.99. The summed E-state index contributed by atoms with van der Waals surface area (Å²) in [6.07, 6.45) is 0. The van der Waals surface area contributed by atoms with E-state index in [1.165, 1.54) is 0 Å². The monoisotopic (exact) mass is 230 g/mol. The number of aliphatic hydroxyl groups is 1. The van der Waals surface area contributed by atoms with Crippen molar-refractivity contribution in [3.05, 3.63) is 47.2 Å². The minimum Gasteiger partial charge on any atom is -0.506 e. The van der Waals surface area contributed by atoms with Crippen LogP contribution in [0, 0.1) is 5.92 Å². The van der Waals surface area contributed by atoms with E-state index in [-0.39, 0.29) is 17.6 Å². The Kier molecular flexibility index (Phi) is 2.95. The van der Waals surface area contributed by atoms with Gasteiger partial charge in [-0.1, -0.05) is 30.3 Å². The molecule has 1 unspecified atom stereocenters. The highest BCUT2D eigenvalue weighted by Gasteiger charge is 2.24. The number of nitrogens with one attached hydrogen (secondary N) is 1. The summed E-state index contributed by atoms with van der Waals surface area (Å²) in [5, 5.41) is 14.1. The zero-order chi connectivity index (χ0) is 12.4. The van der Waals surface area contributed by atoms with E-state index in [0.29, 0.717) is 11.3 Å². The van der Waals surface area contributed by atoms with Gasteiger partial charge in [0, 0.05) is 5.56 Å². The Morgan fingerprint density at radius 2 is 1.94 bits per heavy atom. The van der Waals surface area contributed by atoms with E-state index in [2.05, 4.69) is 10.5 Å². The number of amides is 1. The van der Waals surface area contributed by atoms with Crippen molar-refractivity contribution in [2.75, 3.05) is 0 Å². The summed E-state index contributed by atoms with van der Waals surface area (Å²) in [6, 6.07) is 9.28. The predicted molar refractivity (Wildman–Crippen MR) is 65.6 cm³/mol. The Hall–Kier alpha value is -2.10. The molecule has 0 spiro atoms. The summed E-state index contributed by atoms with van der Waals surface area (Å²) in [5.41, 5.74) is 4.26. The fourth-order valence-corrected chi connectivity index (χ4v) is 1.65. The summed E-state index contributed by atoms with van der Waals surface area (Å²) < 4.78 is 0. The topological polar surface area (TPSA) is 61.7 Å². The smallest absolute Gasteiger partial charge is 0.247 e. The molecule has 88 valence electrons. The Morgan fingerprint density at radius 1 is 1.29 bits per heavy atom. The van der Waals surface area contributed by atoms with E-state index in [1.807, 2.05) is 30.3 Å². The summed E-state index contributed by atoms with van der Waals surface area (Å²) in [7, 11) is 0. The van der Waals surface area contributed by atoms with Crippen molar-refractivity contribution >= 4 is 11.6 Å². The minimum atomic E-state index is -0.375. The number of nitrogens with zero attached hydrogens (tertiary/aromatic N) is 1. The molecule has 2 N–H and O–H groups in total. The third-order valence-electron chi connectivity index (χ3n) is 2.97. The largest absolute Gasteiger partial charge is 0.506 e. The van der Waals surface area contributed by atoms with Crippen molar-refractivity contribution in [3.8, 4) is 0 Å². The minimum absolute atomic E-state index is 0.0713. The molecule has 1 aromatic carbocycles. The van der Waals surface area contributed by atoms with Crippen LogP contribution < -0.4 is 5.43 Å². The fourth-order valence-electron chi connectivity index (χ4n) is 1.65. The molecule has 1 heterocycles. The molecule has 0 aliphatic carbocycles. The Balaban J connectivity index is 2.51. The van der Waals surface area contributed by atoms with Crippen molar-refractivity contribution in [3.63, 3.8) is 0 Å². The molecule has 1 aliphatic rings. The summed E-state index contributed by atoms with van der Waals surface area (Å²) in [6.45, 7) is 3.48.